The second-order valence-electron chi connectivity index (χ2n) is 6.18. The summed E-state index contributed by atoms with van der Waals surface area (Å²) in [5.74, 6) is 1.76. The van der Waals surface area contributed by atoms with E-state index in [0.29, 0.717) is 5.92 Å². The molecule has 0 spiro atoms. The first kappa shape index (κ1) is 15.1. The minimum absolute atomic E-state index is 0.639. The molecule has 1 heterocycles. The van der Waals surface area contributed by atoms with E-state index in [4.69, 9.17) is 4.42 Å². The molecule has 0 aliphatic carbocycles. The summed E-state index contributed by atoms with van der Waals surface area (Å²) in [5.41, 5.74) is 5.04. The van der Waals surface area contributed by atoms with Crippen molar-refractivity contribution in [3.05, 3.63) is 34.6 Å². The van der Waals surface area contributed by atoms with Crippen molar-refractivity contribution in [1.82, 2.24) is 5.32 Å². The van der Waals surface area contributed by atoms with Gasteiger partial charge in [0.2, 0.25) is 0 Å². The Morgan fingerprint density at radius 2 is 1.85 bits per heavy atom. The van der Waals surface area contributed by atoms with Crippen LogP contribution in [0.25, 0.3) is 11.0 Å². The summed E-state index contributed by atoms with van der Waals surface area (Å²) in [4.78, 5) is 0. The molecule has 0 unspecified atom stereocenters. The normalized spacial score (nSPS) is 11.7. The summed E-state index contributed by atoms with van der Waals surface area (Å²) in [5, 5.41) is 4.81. The number of aryl methyl sites for hydroxylation is 2. The lowest BCUT2D eigenvalue weighted by atomic mass is 9.96. The van der Waals surface area contributed by atoms with Gasteiger partial charge in [-0.05, 0) is 50.3 Å². The third-order valence-electron chi connectivity index (χ3n) is 3.75. The van der Waals surface area contributed by atoms with Crippen LogP contribution in [0.1, 0.15) is 49.6 Å². The summed E-state index contributed by atoms with van der Waals surface area (Å²) in [6, 6.07) is 4.36. The first-order chi connectivity index (χ1) is 9.54. The smallest absolute Gasteiger partial charge is 0.137 e. The van der Waals surface area contributed by atoms with Gasteiger partial charge in [-0.25, -0.2) is 0 Å². The van der Waals surface area contributed by atoms with Crippen molar-refractivity contribution in [2.24, 2.45) is 5.92 Å². The molecule has 2 rings (SSSR count). The van der Waals surface area contributed by atoms with Gasteiger partial charge in [0, 0.05) is 10.9 Å². The van der Waals surface area contributed by atoms with E-state index in [9.17, 15) is 0 Å². The highest BCUT2D eigenvalue weighted by Crippen LogP contribution is 2.32. The lowest BCUT2D eigenvalue weighted by Gasteiger charge is -2.08. The Labute approximate surface area is 122 Å². The molecule has 110 valence electrons. The Hall–Kier alpha value is -1.28. The molecule has 0 aliphatic heterocycles. The fourth-order valence-electron chi connectivity index (χ4n) is 2.76. The first-order valence-electron chi connectivity index (χ1n) is 7.75. The summed E-state index contributed by atoms with van der Waals surface area (Å²) in [6.45, 7) is 12.9. The van der Waals surface area contributed by atoms with Gasteiger partial charge in [0.15, 0.2) is 0 Å². The molecular weight excluding hydrogens is 246 g/mol. The minimum atomic E-state index is 0.639. The number of nitrogens with one attached hydrogen (secondary N) is 1. The number of hydrogen-bond donors (Lipinski definition) is 1. The monoisotopic (exact) mass is 273 g/mol. The van der Waals surface area contributed by atoms with E-state index >= 15 is 0 Å². The van der Waals surface area contributed by atoms with Crippen molar-refractivity contribution in [2.75, 3.05) is 6.54 Å². The minimum Gasteiger partial charge on any atom is -0.459 e. The molecule has 2 heteroatoms. The molecule has 0 saturated heterocycles. The second kappa shape index (κ2) is 6.45. The van der Waals surface area contributed by atoms with E-state index in [-0.39, 0.29) is 0 Å². The molecule has 0 amide bonds. The maximum absolute atomic E-state index is 6.20. The Balaban J connectivity index is 2.49. The van der Waals surface area contributed by atoms with Crippen molar-refractivity contribution in [1.29, 1.82) is 0 Å². The lowest BCUT2D eigenvalue weighted by molar-refractivity contribution is 0.500. The zero-order valence-corrected chi connectivity index (χ0v) is 13.5. The average molecular weight is 273 g/mol. The van der Waals surface area contributed by atoms with Gasteiger partial charge in [0.1, 0.15) is 11.3 Å². The quantitative estimate of drug-likeness (QED) is 0.768. The van der Waals surface area contributed by atoms with Crippen molar-refractivity contribution in [3.8, 4) is 0 Å². The zero-order chi connectivity index (χ0) is 14.7. The maximum atomic E-state index is 6.20. The van der Waals surface area contributed by atoms with Crippen LogP contribution in [0.4, 0.5) is 0 Å². The second-order valence-corrected chi connectivity index (χ2v) is 6.18. The highest BCUT2D eigenvalue weighted by Gasteiger charge is 2.17. The van der Waals surface area contributed by atoms with Gasteiger partial charge >= 0.3 is 0 Å². The highest BCUT2D eigenvalue weighted by atomic mass is 16.3. The van der Waals surface area contributed by atoms with E-state index in [2.05, 4.69) is 52.1 Å². The third kappa shape index (κ3) is 3.06. The largest absolute Gasteiger partial charge is 0.459 e. The van der Waals surface area contributed by atoms with E-state index < -0.39 is 0 Å². The van der Waals surface area contributed by atoms with Gasteiger partial charge in [-0.2, -0.15) is 0 Å². The van der Waals surface area contributed by atoms with Gasteiger partial charge in [-0.3, -0.25) is 0 Å². The molecule has 1 N–H and O–H groups in total. The summed E-state index contributed by atoms with van der Waals surface area (Å²) in [6.07, 6.45) is 2.23. The predicted molar refractivity (Wildman–Crippen MR) is 86.2 cm³/mol. The van der Waals surface area contributed by atoms with Crippen molar-refractivity contribution < 1.29 is 4.42 Å². The Bertz CT molecular complexity index is 581. The molecule has 0 atom stereocenters. The number of hydrogen-bond acceptors (Lipinski definition) is 2. The number of fused-ring (bicyclic) bond motifs is 1. The van der Waals surface area contributed by atoms with E-state index in [1.165, 1.54) is 22.1 Å². The highest BCUT2D eigenvalue weighted by molar-refractivity contribution is 5.88. The fraction of sp³-hybridized carbons (Fsp3) is 0.556. The Morgan fingerprint density at radius 1 is 1.15 bits per heavy atom. The molecule has 20 heavy (non-hydrogen) atoms. The molecule has 0 radical (unpaired) electrons. The molecule has 0 saturated carbocycles. The Kier molecular flexibility index (Phi) is 4.87. The van der Waals surface area contributed by atoms with Crippen molar-refractivity contribution in [3.63, 3.8) is 0 Å². The maximum Gasteiger partial charge on any atom is 0.137 e. The van der Waals surface area contributed by atoms with Crippen LogP contribution < -0.4 is 5.32 Å². The SMILES string of the molecule is CCCNCc1oc2c(C)ccc(C)c2c1CC(C)C. The molecule has 0 aliphatic rings. The van der Waals surface area contributed by atoms with Crippen LogP contribution in [0, 0.1) is 19.8 Å². The van der Waals surface area contributed by atoms with Crippen LogP contribution in [0.3, 0.4) is 0 Å². The molecule has 2 aromatic rings. The summed E-state index contributed by atoms with van der Waals surface area (Å²) >= 11 is 0. The molecular formula is C18H27NO. The summed E-state index contributed by atoms with van der Waals surface area (Å²) in [7, 11) is 0. The van der Waals surface area contributed by atoms with Crippen molar-refractivity contribution in [2.45, 2.75) is 54.0 Å². The van der Waals surface area contributed by atoms with Crippen LogP contribution >= 0.6 is 0 Å². The summed E-state index contributed by atoms with van der Waals surface area (Å²) < 4.78 is 6.20. The molecule has 0 bridgehead atoms. The number of benzene rings is 1. The first-order valence-corrected chi connectivity index (χ1v) is 7.75. The average Bonchev–Trinajstić information content (AvgIpc) is 2.74. The predicted octanol–water partition coefficient (Wildman–Crippen LogP) is 4.75. The van der Waals surface area contributed by atoms with Crippen molar-refractivity contribution >= 4 is 11.0 Å². The number of rotatable bonds is 6. The third-order valence-corrected chi connectivity index (χ3v) is 3.75. The van der Waals surface area contributed by atoms with Crippen LogP contribution in [0.15, 0.2) is 16.5 Å². The van der Waals surface area contributed by atoms with Gasteiger partial charge in [0.05, 0.1) is 6.54 Å². The van der Waals surface area contributed by atoms with E-state index in [1.54, 1.807) is 0 Å². The topological polar surface area (TPSA) is 25.2 Å². The van der Waals surface area contributed by atoms with Gasteiger partial charge in [0.25, 0.3) is 0 Å². The van der Waals surface area contributed by atoms with Gasteiger partial charge in [-0.1, -0.05) is 32.9 Å². The lowest BCUT2D eigenvalue weighted by Crippen LogP contribution is -2.14. The molecule has 0 fully saturated rings. The van der Waals surface area contributed by atoms with E-state index in [1.807, 2.05) is 0 Å². The molecule has 2 nitrogen and oxygen atoms in total. The zero-order valence-electron chi connectivity index (χ0n) is 13.5. The standard InChI is InChI=1S/C18H27NO/c1-6-9-19-11-16-15(10-12(2)3)17-13(4)7-8-14(5)18(17)20-16/h7-8,12,19H,6,9-11H2,1-5H3. The van der Waals surface area contributed by atoms with Crippen LogP contribution in [-0.4, -0.2) is 6.54 Å². The number of furan rings is 1. The molecule has 1 aromatic carbocycles. The van der Waals surface area contributed by atoms with E-state index in [0.717, 1.165) is 37.3 Å². The van der Waals surface area contributed by atoms with Gasteiger partial charge < -0.3 is 9.73 Å². The fourth-order valence-corrected chi connectivity index (χ4v) is 2.76. The molecule has 1 aromatic heterocycles. The van der Waals surface area contributed by atoms with Crippen LogP contribution in [-0.2, 0) is 13.0 Å². The van der Waals surface area contributed by atoms with Gasteiger partial charge in [-0.15, -0.1) is 0 Å². The Morgan fingerprint density at radius 3 is 2.50 bits per heavy atom. The van der Waals surface area contributed by atoms with Crippen LogP contribution in [0.5, 0.6) is 0 Å². The van der Waals surface area contributed by atoms with Crippen LogP contribution in [0.2, 0.25) is 0 Å².